The van der Waals surface area contributed by atoms with E-state index in [1.165, 1.54) is 0 Å². The molecule has 2 aliphatic rings. The predicted molar refractivity (Wildman–Crippen MR) is 101 cm³/mol. The molecule has 1 fully saturated rings. The number of nitro groups is 1. The molecule has 1 aromatic heterocycles. The van der Waals surface area contributed by atoms with Crippen molar-refractivity contribution in [3.05, 3.63) is 64.0 Å². The van der Waals surface area contributed by atoms with Crippen LogP contribution in [0.25, 0.3) is 0 Å². The summed E-state index contributed by atoms with van der Waals surface area (Å²) < 4.78 is 0. The zero-order chi connectivity index (χ0) is 17.4. The van der Waals surface area contributed by atoms with Crippen LogP contribution in [0.1, 0.15) is 30.5 Å². The minimum atomic E-state index is -0.774. The molecule has 4 rings (SSSR count). The van der Waals surface area contributed by atoms with Crippen LogP contribution in [0.2, 0.25) is 0 Å². The highest BCUT2D eigenvalue weighted by molar-refractivity contribution is 5.85. The number of non-ortho nitro benzene ring substituents is 1. The van der Waals surface area contributed by atoms with E-state index in [0.29, 0.717) is 6.42 Å². The number of nitrogens with zero attached hydrogens (tertiary/aromatic N) is 4. The second-order valence-corrected chi connectivity index (χ2v) is 6.75. The average molecular weight is 371 g/mol. The molecule has 0 saturated carbocycles. The number of pyridine rings is 1. The fourth-order valence-electron chi connectivity index (χ4n) is 4.32. The average Bonchev–Trinajstić information content (AvgIpc) is 2.67. The minimum Gasteiger partial charge on any atom is -0.366 e. The standard InChI is InChI=1S/C19H18N4O2.ClH/c20-13-19(17-5-1-3-9-21-17)12-14-11-15(23(24)25)7-8-16(14)22-10-4-2-6-18(19)22;/h1,3,5,7-9,11,18H,2,4,6,10,12H2;1H. The van der Waals surface area contributed by atoms with Gasteiger partial charge in [0, 0.05) is 37.0 Å². The molecule has 0 bridgehead atoms. The van der Waals surface area contributed by atoms with Crippen LogP contribution in [-0.4, -0.2) is 22.5 Å². The highest BCUT2D eigenvalue weighted by Gasteiger charge is 2.50. The Morgan fingerprint density at radius 1 is 1.31 bits per heavy atom. The summed E-state index contributed by atoms with van der Waals surface area (Å²) in [4.78, 5) is 17.6. The summed E-state index contributed by atoms with van der Waals surface area (Å²) in [5.74, 6) is 0. The van der Waals surface area contributed by atoms with Gasteiger partial charge in [-0.25, -0.2) is 0 Å². The van der Waals surface area contributed by atoms with Crippen molar-refractivity contribution in [2.45, 2.75) is 37.1 Å². The van der Waals surface area contributed by atoms with Crippen LogP contribution in [0.3, 0.4) is 0 Å². The molecule has 134 valence electrons. The normalized spacial score (nSPS) is 23.8. The highest BCUT2D eigenvalue weighted by Crippen LogP contribution is 2.46. The highest BCUT2D eigenvalue weighted by atomic mass is 35.5. The molecule has 2 aliphatic heterocycles. The summed E-state index contributed by atoms with van der Waals surface area (Å²) in [6.45, 7) is 0.867. The van der Waals surface area contributed by atoms with Crippen molar-refractivity contribution < 1.29 is 4.92 Å². The first kappa shape index (κ1) is 18.2. The minimum absolute atomic E-state index is 0. The van der Waals surface area contributed by atoms with E-state index in [2.05, 4.69) is 16.0 Å². The topological polar surface area (TPSA) is 83.1 Å². The molecule has 26 heavy (non-hydrogen) atoms. The van der Waals surface area contributed by atoms with Gasteiger partial charge in [0.25, 0.3) is 5.69 Å². The molecule has 2 aromatic rings. The summed E-state index contributed by atoms with van der Waals surface area (Å²) in [6, 6.07) is 13.3. The van der Waals surface area contributed by atoms with Crippen molar-refractivity contribution in [1.82, 2.24) is 4.98 Å². The van der Waals surface area contributed by atoms with Crippen LogP contribution < -0.4 is 4.90 Å². The van der Waals surface area contributed by atoms with Gasteiger partial charge in [-0.2, -0.15) is 5.26 Å². The molecule has 6 nitrogen and oxygen atoms in total. The number of nitriles is 1. The van der Waals surface area contributed by atoms with Crippen molar-refractivity contribution in [3.63, 3.8) is 0 Å². The van der Waals surface area contributed by atoms with Crippen molar-refractivity contribution in [3.8, 4) is 6.07 Å². The maximum Gasteiger partial charge on any atom is 0.269 e. The first-order valence-electron chi connectivity index (χ1n) is 8.52. The molecule has 0 aliphatic carbocycles. The zero-order valence-electron chi connectivity index (χ0n) is 14.2. The molecular weight excluding hydrogens is 352 g/mol. The molecule has 2 unspecified atom stereocenters. The largest absolute Gasteiger partial charge is 0.366 e. The third-order valence-electron chi connectivity index (χ3n) is 5.45. The Morgan fingerprint density at radius 3 is 2.85 bits per heavy atom. The smallest absolute Gasteiger partial charge is 0.269 e. The fourth-order valence-corrected chi connectivity index (χ4v) is 4.32. The van der Waals surface area contributed by atoms with E-state index in [1.54, 1.807) is 18.3 Å². The van der Waals surface area contributed by atoms with Crippen molar-refractivity contribution in [2.75, 3.05) is 11.4 Å². The molecular formula is C19H19ClN4O2. The van der Waals surface area contributed by atoms with Gasteiger partial charge in [-0.1, -0.05) is 6.07 Å². The SMILES string of the molecule is Cl.N#CC1(c2ccccn2)Cc2cc([N+](=O)[O-])ccc2N2CCCCC21. The molecule has 0 amide bonds. The summed E-state index contributed by atoms with van der Waals surface area (Å²) >= 11 is 0. The number of hydrogen-bond acceptors (Lipinski definition) is 5. The Bertz CT molecular complexity index is 868. The summed E-state index contributed by atoms with van der Waals surface area (Å²) in [7, 11) is 0. The van der Waals surface area contributed by atoms with Crippen LogP contribution in [0.4, 0.5) is 11.4 Å². The number of nitro benzene ring substituents is 1. The molecule has 3 heterocycles. The van der Waals surface area contributed by atoms with Crippen LogP contribution >= 0.6 is 12.4 Å². The number of anilines is 1. The molecule has 0 N–H and O–H groups in total. The number of fused-ring (bicyclic) bond motifs is 3. The van der Waals surface area contributed by atoms with Gasteiger partial charge in [0.05, 0.1) is 22.7 Å². The monoisotopic (exact) mass is 370 g/mol. The van der Waals surface area contributed by atoms with Gasteiger partial charge in [-0.15, -0.1) is 12.4 Å². The van der Waals surface area contributed by atoms with E-state index in [1.807, 2.05) is 24.3 Å². The van der Waals surface area contributed by atoms with Gasteiger partial charge in [0.15, 0.2) is 0 Å². The van der Waals surface area contributed by atoms with E-state index in [0.717, 1.165) is 42.8 Å². The summed E-state index contributed by atoms with van der Waals surface area (Å²) in [5.41, 5.74) is 1.94. The first-order chi connectivity index (χ1) is 12.2. The lowest BCUT2D eigenvalue weighted by Crippen LogP contribution is -2.57. The van der Waals surface area contributed by atoms with Crippen LogP contribution in [0.15, 0.2) is 42.6 Å². The Labute approximate surface area is 158 Å². The molecule has 0 spiro atoms. The number of rotatable bonds is 2. The lowest BCUT2D eigenvalue weighted by molar-refractivity contribution is -0.384. The van der Waals surface area contributed by atoms with Gasteiger partial charge < -0.3 is 4.90 Å². The number of hydrogen-bond donors (Lipinski definition) is 0. The number of halogens is 1. The van der Waals surface area contributed by atoms with E-state index in [-0.39, 0.29) is 29.1 Å². The number of aromatic nitrogens is 1. The molecule has 2 atom stereocenters. The molecule has 1 saturated heterocycles. The predicted octanol–water partition coefficient (Wildman–Crippen LogP) is 3.79. The molecule has 0 radical (unpaired) electrons. The lowest BCUT2D eigenvalue weighted by atomic mass is 9.67. The van der Waals surface area contributed by atoms with Crippen LogP contribution in [0, 0.1) is 21.4 Å². The third kappa shape index (κ3) is 2.69. The van der Waals surface area contributed by atoms with Crippen molar-refractivity contribution >= 4 is 23.8 Å². The van der Waals surface area contributed by atoms with E-state index >= 15 is 0 Å². The molecule has 1 aromatic carbocycles. The Balaban J connectivity index is 0.00000196. The van der Waals surface area contributed by atoms with Gasteiger partial charge >= 0.3 is 0 Å². The van der Waals surface area contributed by atoms with Crippen LogP contribution in [-0.2, 0) is 11.8 Å². The lowest BCUT2D eigenvalue weighted by Gasteiger charge is -2.50. The van der Waals surface area contributed by atoms with Gasteiger partial charge in [0.2, 0.25) is 0 Å². The maximum absolute atomic E-state index is 11.2. The van der Waals surface area contributed by atoms with Gasteiger partial charge in [-0.3, -0.25) is 15.1 Å². The van der Waals surface area contributed by atoms with Crippen LogP contribution in [0.5, 0.6) is 0 Å². The Hall–Kier alpha value is -2.65. The van der Waals surface area contributed by atoms with Gasteiger partial charge in [0.1, 0.15) is 5.41 Å². The van der Waals surface area contributed by atoms with Crippen molar-refractivity contribution in [1.29, 1.82) is 5.26 Å². The quantitative estimate of drug-likeness (QED) is 0.593. The van der Waals surface area contributed by atoms with E-state index in [4.69, 9.17) is 0 Å². The number of benzene rings is 1. The van der Waals surface area contributed by atoms with Crippen molar-refractivity contribution in [2.24, 2.45) is 0 Å². The third-order valence-corrected chi connectivity index (χ3v) is 5.45. The zero-order valence-corrected chi connectivity index (χ0v) is 15.0. The summed E-state index contributed by atoms with van der Waals surface area (Å²) in [5, 5.41) is 21.4. The van der Waals surface area contributed by atoms with E-state index in [9.17, 15) is 15.4 Å². The number of piperidine rings is 1. The summed E-state index contributed by atoms with van der Waals surface area (Å²) in [6.07, 6.45) is 5.25. The fraction of sp³-hybridized carbons (Fsp3) is 0.368. The molecule has 7 heteroatoms. The van der Waals surface area contributed by atoms with E-state index < -0.39 is 5.41 Å². The Kier molecular flexibility index (Phi) is 4.84. The first-order valence-corrected chi connectivity index (χ1v) is 8.52. The maximum atomic E-state index is 11.2. The second kappa shape index (κ2) is 6.93. The second-order valence-electron chi connectivity index (χ2n) is 6.75. The Morgan fingerprint density at radius 2 is 2.15 bits per heavy atom. The van der Waals surface area contributed by atoms with Gasteiger partial charge in [-0.05, 0) is 43.0 Å².